The molecule has 240 valence electrons. The molecule has 0 bridgehead atoms. The van der Waals surface area contributed by atoms with Gasteiger partial charge >= 0.3 is 5.30 Å². The third kappa shape index (κ3) is 7.41. The summed E-state index contributed by atoms with van der Waals surface area (Å²) in [7, 11) is 0. The van der Waals surface area contributed by atoms with Gasteiger partial charge in [0.1, 0.15) is 5.71 Å². The first-order chi connectivity index (χ1) is 23.3. The molecule has 9 heteroatoms. The summed E-state index contributed by atoms with van der Waals surface area (Å²) < 4.78 is 2.17. The number of Topliss-reactive ketones (excluding diaryl/α,β-unsaturated/α-hetero) is 1. The zero-order chi connectivity index (χ0) is 33.6. The van der Waals surface area contributed by atoms with Crippen LogP contribution < -0.4 is 0 Å². The second kappa shape index (κ2) is 15.1. The molecule has 0 aliphatic carbocycles. The summed E-state index contributed by atoms with van der Waals surface area (Å²) in [6.45, 7) is 4.70. The van der Waals surface area contributed by atoms with E-state index in [4.69, 9.17) is 16.4 Å². The third-order valence-electron chi connectivity index (χ3n) is 7.95. The molecule has 5 aromatic carbocycles. The van der Waals surface area contributed by atoms with E-state index in [1.807, 2.05) is 104 Å². The van der Waals surface area contributed by atoms with E-state index in [1.54, 1.807) is 30.0 Å². The van der Waals surface area contributed by atoms with Crippen molar-refractivity contribution in [3.63, 3.8) is 0 Å². The number of rotatable bonds is 11. The predicted octanol–water partition coefficient (Wildman–Crippen LogP) is 10.7. The van der Waals surface area contributed by atoms with E-state index < -0.39 is 5.30 Å². The molecule has 0 N–H and O–H groups in total. The van der Waals surface area contributed by atoms with Crippen LogP contribution in [0.25, 0.3) is 21.8 Å². The van der Waals surface area contributed by atoms with Gasteiger partial charge in [0, 0.05) is 72.0 Å². The van der Waals surface area contributed by atoms with Gasteiger partial charge in [-0.2, -0.15) is 0 Å². The summed E-state index contributed by atoms with van der Waals surface area (Å²) >= 11 is 8.49. The number of aromatic nitrogens is 1. The van der Waals surface area contributed by atoms with Crippen LogP contribution in [0.15, 0.2) is 130 Å². The second-order valence-electron chi connectivity index (χ2n) is 11.0. The minimum atomic E-state index is -0.635. The molecule has 0 saturated carbocycles. The lowest BCUT2D eigenvalue weighted by molar-refractivity contribution is 0.103. The fourth-order valence-corrected chi connectivity index (χ4v) is 7.12. The fourth-order valence-electron chi connectivity index (χ4n) is 5.57. The van der Waals surface area contributed by atoms with Crippen LogP contribution in [-0.4, -0.2) is 32.9 Å². The number of hydrogen-bond donors (Lipinski definition) is 0. The molecule has 0 unspecified atom stereocenters. The molecule has 6 rings (SSSR count). The third-order valence-corrected chi connectivity index (χ3v) is 9.97. The van der Waals surface area contributed by atoms with E-state index in [9.17, 15) is 14.4 Å². The number of halogens is 1. The Hall–Kier alpha value is -4.63. The van der Waals surface area contributed by atoms with Crippen LogP contribution >= 0.6 is 35.1 Å². The van der Waals surface area contributed by atoms with Gasteiger partial charge < -0.3 is 9.40 Å². The van der Waals surface area contributed by atoms with Crippen LogP contribution in [0, 0.1) is 6.92 Å². The van der Waals surface area contributed by atoms with Crippen LogP contribution in [-0.2, 0) is 11.4 Å². The first kappa shape index (κ1) is 33.3. The second-order valence-corrected chi connectivity index (χ2v) is 13.6. The van der Waals surface area contributed by atoms with Gasteiger partial charge in [0.05, 0.1) is 0 Å². The number of benzene rings is 5. The SMILES string of the molecule is CCn1c2ccc(C(=O)C(CCSc3ccc(Cl)cc3)=NOC(=O)Sc3ccccc3)cc2c2cc(C(=O)c3ccccc3C)ccc21. The molecule has 6 nitrogen and oxygen atoms in total. The molecule has 0 aliphatic heterocycles. The quantitative estimate of drug-likeness (QED) is 0.0443. The van der Waals surface area contributed by atoms with Crippen molar-refractivity contribution in [3.8, 4) is 0 Å². The topological polar surface area (TPSA) is 77.7 Å². The zero-order valence-corrected chi connectivity index (χ0v) is 28.7. The van der Waals surface area contributed by atoms with Gasteiger partial charge in [-0.1, -0.05) is 59.2 Å². The number of hydrogen-bond acceptors (Lipinski definition) is 7. The van der Waals surface area contributed by atoms with Gasteiger partial charge in [-0.3, -0.25) is 9.59 Å². The van der Waals surface area contributed by atoms with E-state index in [2.05, 4.69) is 16.6 Å². The highest BCUT2D eigenvalue weighted by molar-refractivity contribution is 8.13. The van der Waals surface area contributed by atoms with Crippen LogP contribution in [0.3, 0.4) is 0 Å². The normalized spacial score (nSPS) is 11.6. The van der Waals surface area contributed by atoms with Crippen LogP contribution in [0.2, 0.25) is 5.02 Å². The molecule has 48 heavy (non-hydrogen) atoms. The summed E-state index contributed by atoms with van der Waals surface area (Å²) in [6, 6.07) is 35.4. The average molecular weight is 691 g/mol. The molecular weight excluding hydrogens is 660 g/mol. The first-order valence-corrected chi connectivity index (χ1v) is 17.6. The minimum Gasteiger partial charge on any atom is -0.341 e. The highest BCUT2D eigenvalue weighted by Crippen LogP contribution is 2.32. The van der Waals surface area contributed by atoms with Gasteiger partial charge in [-0.15, -0.1) is 11.8 Å². The average Bonchev–Trinajstić information content (AvgIpc) is 3.42. The lowest BCUT2D eigenvalue weighted by atomic mass is 9.97. The van der Waals surface area contributed by atoms with Gasteiger partial charge in [-0.25, -0.2) is 4.79 Å². The van der Waals surface area contributed by atoms with Crippen molar-refractivity contribution in [2.24, 2.45) is 5.16 Å². The standard InChI is InChI=1S/C39H31ClN2O4S2/c1-3-42-35-19-13-26(37(43)31-12-8-7-9-25(31)2)23-32(35)33-24-27(14-20-36(33)42)38(44)34(21-22-47-29-17-15-28(40)16-18-29)41-46-39(45)48-30-10-5-4-6-11-30/h4-20,23-24H,3,21-22H2,1-2H3. The molecule has 0 fully saturated rings. The Bertz CT molecular complexity index is 2180. The summed E-state index contributed by atoms with van der Waals surface area (Å²) in [6.07, 6.45) is 0.263. The largest absolute Gasteiger partial charge is 0.398 e. The first-order valence-electron chi connectivity index (χ1n) is 15.4. The van der Waals surface area contributed by atoms with Gasteiger partial charge in [0.2, 0.25) is 5.78 Å². The van der Waals surface area contributed by atoms with Crippen molar-refractivity contribution < 1.29 is 19.2 Å². The molecule has 0 spiro atoms. The van der Waals surface area contributed by atoms with Gasteiger partial charge in [0.15, 0.2) is 5.78 Å². The zero-order valence-electron chi connectivity index (χ0n) is 26.3. The van der Waals surface area contributed by atoms with E-state index in [1.165, 1.54) is 0 Å². The van der Waals surface area contributed by atoms with Gasteiger partial charge in [-0.05, 0) is 104 Å². The highest BCUT2D eigenvalue weighted by Gasteiger charge is 2.20. The number of nitrogens with zero attached hydrogens (tertiary/aromatic N) is 2. The molecule has 0 aliphatic rings. The summed E-state index contributed by atoms with van der Waals surface area (Å²) in [4.78, 5) is 47.2. The Labute approximate surface area is 292 Å². The van der Waals surface area contributed by atoms with E-state index >= 15 is 0 Å². The van der Waals surface area contributed by atoms with Crippen molar-refractivity contribution in [3.05, 3.63) is 143 Å². The highest BCUT2D eigenvalue weighted by atomic mass is 35.5. The summed E-state index contributed by atoms with van der Waals surface area (Å²) in [5, 5.41) is 5.84. The maximum atomic E-state index is 14.0. The smallest absolute Gasteiger partial charge is 0.341 e. The monoisotopic (exact) mass is 690 g/mol. The number of oxime groups is 1. The predicted molar refractivity (Wildman–Crippen MR) is 197 cm³/mol. The van der Waals surface area contributed by atoms with Crippen molar-refractivity contribution in [1.29, 1.82) is 0 Å². The fraction of sp³-hybridized carbons (Fsp3) is 0.128. The Morgan fingerprint density at radius 1 is 0.771 bits per heavy atom. The van der Waals surface area contributed by atoms with Crippen LogP contribution in [0.1, 0.15) is 45.2 Å². The number of aryl methyl sites for hydroxylation is 2. The Morgan fingerprint density at radius 3 is 2.10 bits per heavy atom. The summed E-state index contributed by atoms with van der Waals surface area (Å²) in [5.74, 6) is 0.134. The maximum absolute atomic E-state index is 14.0. The maximum Gasteiger partial charge on any atom is 0.398 e. The van der Waals surface area contributed by atoms with Crippen molar-refractivity contribution in [2.45, 2.75) is 36.6 Å². The number of fused-ring (bicyclic) bond motifs is 3. The van der Waals surface area contributed by atoms with Crippen molar-refractivity contribution >= 4 is 79.5 Å². The molecular formula is C39H31ClN2O4S2. The molecule has 1 aromatic heterocycles. The Morgan fingerprint density at radius 2 is 1.42 bits per heavy atom. The van der Waals surface area contributed by atoms with E-state index in [0.717, 1.165) is 44.0 Å². The molecule has 6 aromatic rings. The summed E-state index contributed by atoms with van der Waals surface area (Å²) in [5.41, 5.74) is 4.61. The minimum absolute atomic E-state index is 0.0533. The molecule has 1 heterocycles. The van der Waals surface area contributed by atoms with E-state index in [0.29, 0.717) is 38.9 Å². The van der Waals surface area contributed by atoms with Gasteiger partial charge in [0.25, 0.3) is 0 Å². The van der Waals surface area contributed by atoms with Crippen LogP contribution in [0.5, 0.6) is 0 Å². The Kier molecular flexibility index (Phi) is 10.4. The molecule has 0 amide bonds. The molecule has 0 atom stereocenters. The number of carbonyl (C=O) groups excluding carboxylic acids is 3. The number of thioether (sulfide) groups is 2. The Balaban J connectivity index is 1.33. The van der Waals surface area contributed by atoms with E-state index in [-0.39, 0.29) is 23.7 Å². The molecule has 0 radical (unpaired) electrons. The lowest BCUT2D eigenvalue weighted by Crippen LogP contribution is -2.16. The van der Waals surface area contributed by atoms with Crippen molar-refractivity contribution in [2.75, 3.05) is 5.75 Å². The lowest BCUT2D eigenvalue weighted by Gasteiger charge is -2.08. The van der Waals surface area contributed by atoms with Crippen molar-refractivity contribution in [1.82, 2.24) is 4.57 Å². The molecule has 0 saturated heterocycles. The number of ketones is 2. The van der Waals surface area contributed by atoms with Crippen LogP contribution in [0.4, 0.5) is 4.79 Å². The number of carbonyl (C=O) groups is 3.